The van der Waals surface area contributed by atoms with Crippen molar-refractivity contribution in [2.75, 3.05) is 13.1 Å². The Morgan fingerprint density at radius 1 is 1.33 bits per heavy atom. The first-order valence-corrected chi connectivity index (χ1v) is 6.57. The van der Waals surface area contributed by atoms with E-state index in [1.54, 1.807) is 32.9 Å². The molecule has 0 bridgehead atoms. The summed E-state index contributed by atoms with van der Waals surface area (Å²) in [5, 5.41) is 2.51. The summed E-state index contributed by atoms with van der Waals surface area (Å²) in [5.74, 6) is -0.837. The summed E-state index contributed by atoms with van der Waals surface area (Å²) < 4.78 is 5.07. The van der Waals surface area contributed by atoms with Crippen LogP contribution in [0.1, 0.15) is 41.6 Å². The Labute approximate surface area is 122 Å². The highest BCUT2D eigenvalue weighted by molar-refractivity contribution is 6.20. The Kier molecular flexibility index (Phi) is 3.93. The Balaban J connectivity index is 1.90. The van der Waals surface area contributed by atoms with Crippen molar-refractivity contribution in [2.24, 2.45) is 0 Å². The second-order valence-corrected chi connectivity index (χ2v) is 5.59. The van der Waals surface area contributed by atoms with Gasteiger partial charge in [-0.2, -0.15) is 0 Å². The van der Waals surface area contributed by atoms with Gasteiger partial charge in [-0.1, -0.05) is 0 Å². The second kappa shape index (κ2) is 5.51. The molecule has 1 aliphatic rings. The van der Waals surface area contributed by atoms with Gasteiger partial charge in [0.15, 0.2) is 0 Å². The summed E-state index contributed by atoms with van der Waals surface area (Å²) in [5.41, 5.74) is -0.150. The molecule has 7 nitrogen and oxygen atoms in total. The fraction of sp³-hybridized carbons (Fsp3) is 0.429. The summed E-state index contributed by atoms with van der Waals surface area (Å²) in [6.45, 7) is 5.46. The molecular formula is C14H17N3O4. The maximum atomic E-state index is 12.0. The van der Waals surface area contributed by atoms with Crippen LogP contribution in [-0.2, 0) is 4.74 Å². The number of nitrogens with one attached hydrogen (secondary N) is 1. The van der Waals surface area contributed by atoms with Gasteiger partial charge in [0.1, 0.15) is 11.3 Å². The number of amides is 3. The van der Waals surface area contributed by atoms with Crippen LogP contribution < -0.4 is 5.32 Å². The zero-order chi connectivity index (χ0) is 15.6. The van der Waals surface area contributed by atoms with Gasteiger partial charge in [0, 0.05) is 19.3 Å². The predicted octanol–water partition coefficient (Wildman–Crippen LogP) is 1.20. The number of rotatable bonds is 3. The van der Waals surface area contributed by atoms with Crippen LogP contribution in [-0.4, -0.2) is 46.5 Å². The Hall–Kier alpha value is -2.44. The van der Waals surface area contributed by atoms with E-state index in [1.807, 2.05) is 0 Å². The molecule has 1 aromatic heterocycles. The van der Waals surface area contributed by atoms with Gasteiger partial charge in [0.05, 0.1) is 5.56 Å². The normalized spacial score (nSPS) is 14.1. The highest BCUT2D eigenvalue weighted by atomic mass is 16.6. The molecule has 3 amide bonds. The van der Waals surface area contributed by atoms with Gasteiger partial charge in [0.2, 0.25) is 0 Å². The standard InChI is InChI=1S/C14H17N3O4/c1-14(2,3)21-13(20)16-7-8-17-11(18)9-5-4-6-15-10(9)12(17)19/h4-6H,7-8H2,1-3H3,(H,16,20). The fourth-order valence-corrected chi connectivity index (χ4v) is 1.90. The van der Waals surface area contributed by atoms with Gasteiger partial charge in [-0.3, -0.25) is 19.5 Å². The average Bonchev–Trinajstić information content (AvgIpc) is 2.62. The van der Waals surface area contributed by atoms with Crippen LogP contribution in [0.3, 0.4) is 0 Å². The van der Waals surface area contributed by atoms with Crippen LogP contribution in [0.5, 0.6) is 0 Å². The van der Waals surface area contributed by atoms with E-state index in [2.05, 4.69) is 10.3 Å². The number of pyridine rings is 1. The lowest BCUT2D eigenvalue weighted by atomic mass is 10.2. The minimum atomic E-state index is -0.594. The molecule has 0 saturated carbocycles. The first kappa shape index (κ1) is 15.0. The van der Waals surface area contributed by atoms with Crippen molar-refractivity contribution in [3.05, 3.63) is 29.6 Å². The monoisotopic (exact) mass is 291 g/mol. The first-order valence-electron chi connectivity index (χ1n) is 6.57. The van der Waals surface area contributed by atoms with Crippen molar-refractivity contribution < 1.29 is 19.1 Å². The van der Waals surface area contributed by atoms with E-state index >= 15 is 0 Å². The average molecular weight is 291 g/mol. The molecule has 1 N–H and O–H groups in total. The number of alkyl carbamates (subject to hydrolysis) is 1. The van der Waals surface area contributed by atoms with E-state index in [-0.39, 0.29) is 18.8 Å². The lowest BCUT2D eigenvalue weighted by Gasteiger charge is -2.20. The quantitative estimate of drug-likeness (QED) is 0.845. The van der Waals surface area contributed by atoms with Gasteiger partial charge in [-0.25, -0.2) is 4.79 Å². The van der Waals surface area contributed by atoms with Crippen LogP contribution in [0.2, 0.25) is 0 Å². The highest BCUT2D eigenvalue weighted by Gasteiger charge is 2.36. The third-order valence-electron chi connectivity index (χ3n) is 2.73. The fourth-order valence-electron chi connectivity index (χ4n) is 1.90. The van der Waals surface area contributed by atoms with Crippen molar-refractivity contribution in [1.82, 2.24) is 15.2 Å². The number of ether oxygens (including phenoxy) is 1. The summed E-state index contributed by atoms with van der Waals surface area (Å²) in [6, 6.07) is 3.16. The maximum absolute atomic E-state index is 12.0. The smallest absolute Gasteiger partial charge is 0.407 e. The summed E-state index contributed by atoms with van der Waals surface area (Å²) in [6.07, 6.45) is 0.879. The molecule has 21 heavy (non-hydrogen) atoms. The molecule has 0 atom stereocenters. The van der Waals surface area contributed by atoms with Crippen LogP contribution >= 0.6 is 0 Å². The van der Waals surface area contributed by atoms with E-state index in [0.717, 1.165) is 4.90 Å². The van der Waals surface area contributed by atoms with E-state index in [0.29, 0.717) is 5.56 Å². The maximum Gasteiger partial charge on any atom is 0.407 e. The Morgan fingerprint density at radius 2 is 2.05 bits per heavy atom. The lowest BCUT2D eigenvalue weighted by molar-refractivity contribution is 0.0504. The van der Waals surface area contributed by atoms with Gasteiger partial charge in [0.25, 0.3) is 11.8 Å². The third-order valence-corrected chi connectivity index (χ3v) is 2.73. The van der Waals surface area contributed by atoms with Crippen LogP contribution in [0.15, 0.2) is 18.3 Å². The molecule has 112 valence electrons. The van der Waals surface area contributed by atoms with Gasteiger partial charge >= 0.3 is 6.09 Å². The number of carbonyl (C=O) groups excluding carboxylic acids is 3. The van der Waals surface area contributed by atoms with Crippen LogP contribution in [0.4, 0.5) is 4.79 Å². The van der Waals surface area contributed by atoms with Crippen LogP contribution in [0, 0.1) is 0 Å². The first-order chi connectivity index (χ1) is 9.79. The van der Waals surface area contributed by atoms with Gasteiger partial charge in [-0.15, -0.1) is 0 Å². The van der Waals surface area contributed by atoms with Gasteiger partial charge < -0.3 is 10.1 Å². The number of fused-ring (bicyclic) bond motifs is 1. The molecule has 1 aliphatic heterocycles. The summed E-state index contributed by atoms with van der Waals surface area (Å²) in [7, 11) is 0. The molecule has 7 heteroatoms. The van der Waals surface area contributed by atoms with Crippen LogP contribution in [0.25, 0.3) is 0 Å². The minimum Gasteiger partial charge on any atom is -0.444 e. The third kappa shape index (κ3) is 3.36. The van der Waals surface area contributed by atoms with E-state index in [4.69, 9.17) is 4.74 Å². The number of carbonyl (C=O) groups is 3. The molecule has 0 unspecified atom stereocenters. The largest absolute Gasteiger partial charge is 0.444 e. The van der Waals surface area contributed by atoms with E-state index < -0.39 is 23.5 Å². The molecule has 0 aromatic carbocycles. The SMILES string of the molecule is CC(C)(C)OC(=O)NCCN1C(=O)c2cccnc2C1=O. The summed E-state index contributed by atoms with van der Waals surface area (Å²) in [4.78, 5) is 40.5. The summed E-state index contributed by atoms with van der Waals surface area (Å²) >= 11 is 0. The second-order valence-electron chi connectivity index (χ2n) is 5.59. The molecule has 0 aliphatic carbocycles. The topological polar surface area (TPSA) is 88.6 Å². The minimum absolute atomic E-state index is 0.0767. The Morgan fingerprint density at radius 3 is 2.67 bits per heavy atom. The number of hydrogen-bond donors (Lipinski definition) is 1. The predicted molar refractivity (Wildman–Crippen MR) is 73.8 cm³/mol. The van der Waals surface area contributed by atoms with E-state index in [1.165, 1.54) is 6.20 Å². The number of nitrogens with zero attached hydrogens (tertiary/aromatic N) is 2. The van der Waals surface area contributed by atoms with Crippen molar-refractivity contribution in [3.8, 4) is 0 Å². The van der Waals surface area contributed by atoms with Crippen molar-refractivity contribution in [1.29, 1.82) is 0 Å². The molecule has 0 radical (unpaired) electrons. The number of aromatic nitrogens is 1. The molecule has 1 aromatic rings. The zero-order valence-corrected chi connectivity index (χ0v) is 12.2. The molecule has 2 rings (SSSR count). The van der Waals surface area contributed by atoms with Crippen molar-refractivity contribution >= 4 is 17.9 Å². The molecular weight excluding hydrogens is 274 g/mol. The van der Waals surface area contributed by atoms with Gasteiger partial charge in [-0.05, 0) is 32.9 Å². The molecule has 0 saturated heterocycles. The lowest BCUT2D eigenvalue weighted by Crippen LogP contribution is -2.40. The van der Waals surface area contributed by atoms with Crippen molar-refractivity contribution in [3.63, 3.8) is 0 Å². The molecule has 0 spiro atoms. The number of hydrogen-bond acceptors (Lipinski definition) is 5. The van der Waals surface area contributed by atoms with E-state index in [9.17, 15) is 14.4 Å². The molecule has 0 fully saturated rings. The van der Waals surface area contributed by atoms with Crippen molar-refractivity contribution in [2.45, 2.75) is 26.4 Å². The highest BCUT2D eigenvalue weighted by Crippen LogP contribution is 2.19. The zero-order valence-electron chi connectivity index (χ0n) is 12.2. The number of imide groups is 1. The molecule has 2 heterocycles. The Bertz CT molecular complexity index is 557.